The maximum absolute atomic E-state index is 9.19. The van der Waals surface area contributed by atoms with E-state index in [0.29, 0.717) is 17.9 Å². The Balaban J connectivity index is 2.02. The molecule has 3 aromatic rings. The van der Waals surface area contributed by atoms with Gasteiger partial charge in [0.15, 0.2) is 0 Å². The van der Waals surface area contributed by atoms with Crippen LogP contribution < -0.4 is 4.74 Å². The van der Waals surface area contributed by atoms with Gasteiger partial charge in [-0.15, -0.1) is 0 Å². The number of aromatic amines is 1. The fourth-order valence-electron chi connectivity index (χ4n) is 2.29. The standard InChI is InChI=1S/C18H15N3O/c1-2-22-18-11-15-16(9-8-13-6-4-3-5-7-13)20-21-17(15)10-14(18)12-19/h3-11H,2H2,1H3,(H,20,21)/b9-8+. The monoisotopic (exact) mass is 289 g/mol. The molecule has 0 aliphatic heterocycles. The Kier molecular flexibility index (Phi) is 3.88. The van der Waals surface area contributed by atoms with E-state index >= 15 is 0 Å². The summed E-state index contributed by atoms with van der Waals surface area (Å²) in [6, 6.07) is 15.8. The molecular weight excluding hydrogens is 274 g/mol. The second-order valence-corrected chi connectivity index (χ2v) is 4.79. The van der Waals surface area contributed by atoms with Gasteiger partial charge in [0.25, 0.3) is 0 Å². The first-order valence-corrected chi connectivity index (χ1v) is 7.10. The van der Waals surface area contributed by atoms with Crippen molar-refractivity contribution < 1.29 is 4.74 Å². The minimum Gasteiger partial charge on any atom is -0.492 e. The Morgan fingerprint density at radius 2 is 2.05 bits per heavy atom. The van der Waals surface area contributed by atoms with Gasteiger partial charge in [-0.25, -0.2) is 0 Å². The van der Waals surface area contributed by atoms with Crippen LogP contribution in [0.15, 0.2) is 42.5 Å². The molecule has 0 radical (unpaired) electrons. The molecule has 0 aliphatic rings. The zero-order valence-electron chi connectivity index (χ0n) is 12.2. The van der Waals surface area contributed by atoms with Crippen molar-refractivity contribution in [3.05, 3.63) is 59.3 Å². The predicted molar refractivity (Wildman–Crippen MR) is 87.3 cm³/mol. The molecule has 0 fully saturated rings. The number of H-pyrrole nitrogens is 1. The SMILES string of the molecule is CCOc1cc2c(/C=C/c3ccccc3)n[nH]c2cc1C#N. The molecule has 0 saturated carbocycles. The quantitative estimate of drug-likeness (QED) is 0.789. The van der Waals surface area contributed by atoms with E-state index in [1.165, 1.54) is 0 Å². The molecule has 22 heavy (non-hydrogen) atoms. The smallest absolute Gasteiger partial charge is 0.137 e. The van der Waals surface area contributed by atoms with E-state index in [9.17, 15) is 5.26 Å². The van der Waals surface area contributed by atoms with Crippen LogP contribution in [0.3, 0.4) is 0 Å². The van der Waals surface area contributed by atoms with Gasteiger partial charge >= 0.3 is 0 Å². The maximum atomic E-state index is 9.19. The molecule has 1 aromatic heterocycles. The first-order valence-electron chi connectivity index (χ1n) is 7.10. The van der Waals surface area contributed by atoms with E-state index in [2.05, 4.69) is 16.3 Å². The predicted octanol–water partition coefficient (Wildman–Crippen LogP) is 4.00. The van der Waals surface area contributed by atoms with E-state index in [1.54, 1.807) is 6.07 Å². The van der Waals surface area contributed by atoms with Crippen molar-refractivity contribution in [1.29, 1.82) is 5.26 Å². The van der Waals surface area contributed by atoms with Gasteiger partial charge in [0, 0.05) is 5.39 Å². The van der Waals surface area contributed by atoms with Crippen LogP contribution in [0.4, 0.5) is 0 Å². The Hall–Kier alpha value is -3.06. The van der Waals surface area contributed by atoms with Crippen LogP contribution >= 0.6 is 0 Å². The zero-order chi connectivity index (χ0) is 15.4. The van der Waals surface area contributed by atoms with Gasteiger partial charge in [0.2, 0.25) is 0 Å². The van der Waals surface area contributed by atoms with Crippen molar-refractivity contribution in [2.24, 2.45) is 0 Å². The second kappa shape index (κ2) is 6.15. The highest BCUT2D eigenvalue weighted by Gasteiger charge is 2.10. The van der Waals surface area contributed by atoms with Crippen LogP contribution in [0.1, 0.15) is 23.7 Å². The van der Waals surface area contributed by atoms with E-state index in [0.717, 1.165) is 22.2 Å². The van der Waals surface area contributed by atoms with Crippen LogP contribution in [0, 0.1) is 11.3 Å². The third-order valence-corrected chi connectivity index (χ3v) is 3.35. The lowest BCUT2D eigenvalue weighted by atomic mass is 10.1. The van der Waals surface area contributed by atoms with Gasteiger partial charge in [0.05, 0.1) is 23.4 Å². The van der Waals surface area contributed by atoms with Gasteiger partial charge in [-0.2, -0.15) is 10.4 Å². The normalized spacial score (nSPS) is 10.9. The Morgan fingerprint density at radius 3 is 2.77 bits per heavy atom. The van der Waals surface area contributed by atoms with Crippen molar-refractivity contribution in [2.75, 3.05) is 6.61 Å². The Labute approximate surface area is 128 Å². The zero-order valence-corrected chi connectivity index (χ0v) is 12.2. The molecule has 0 bridgehead atoms. The summed E-state index contributed by atoms with van der Waals surface area (Å²) in [6.07, 6.45) is 3.96. The first kappa shape index (κ1) is 13.9. The second-order valence-electron chi connectivity index (χ2n) is 4.79. The number of fused-ring (bicyclic) bond motifs is 1. The van der Waals surface area contributed by atoms with Crippen molar-refractivity contribution in [1.82, 2.24) is 10.2 Å². The van der Waals surface area contributed by atoms with Crippen LogP contribution in [0.25, 0.3) is 23.1 Å². The Morgan fingerprint density at radius 1 is 1.23 bits per heavy atom. The van der Waals surface area contributed by atoms with E-state index in [-0.39, 0.29) is 0 Å². The van der Waals surface area contributed by atoms with Gasteiger partial charge in [0.1, 0.15) is 11.8 Å². The van der Waals surface area contributed by atoms with Gasteiger partial charge in [-0.1, -0.05) is 36.4 Å². The minimum absolute atomic E-state index is 0.511. The third kappa shape index (κ3) is 2.70. The number of hydrogen-bond donors (Lipinski definition) is 1. The number of ether oxygens (including phenoxy) is 1. The third-order valence-electron chi connectivity index (χ3n) is 3.35. The molecule has 0 unspecified atom stereocenters. The average molecular weight is 289 g/mol. The van der Waals surface area contributed by atoms with E-state index in [1.807, 2.05) is 55.5 Å². The molecule has 0 amide bonds. The molecule has 0 spiro atoms. The maximum Gasteiger partial charge on any atom is 0.137 e. The van der Waals surface area contributed by atoms with Crippen LogP contribution in [0.5, 0.6) is 5.75 Å². The topological polar surface area (TPSA) is 61.7 Å². The number of nitriles is 1. The summed E-state index contributed by atoms with van der Waals surface area (Å²) < 4.78 is 5.53. The molecular formula is C18H15N3O. The molecule has 1 heterocycles. The van der Waals surface area contributed by atoms with Gasteiger partial charge < -0.3 is 4.74 Å². The summed E-state index contributed by atoms with van der Waals surface area (Å²) in [5.41, 5.74) is 3.27. The molecule has 0 saturated heterocycles. The number of aromatic nitrogens is 2. The minimum atomic E-state index is 0.511. The first-order chi connectivity index (χ1) is 10.8. The van der Waals surface area contributed by atoms with E-state index in [4.69, 9.17) is 4.74 Å². The summed E-state index contributed by atoms with van der Waals surface area (Å²) in [5, 5.41) is 17.4. The molecule has 1 N–H and O–H groups in total. The summed E-state index contributed by atoms with van der Waals surface area (Å²) >= 11 is 0. The number of rotatable bonds is 4. The van der Waals surface area contributed by atoms with Crippen LogP contribution in [0.2, 0.25) is 0 Å². The van der Waals surface area contributed by atoms with Crippen molar-refractivity contribution in [3.63, 3.8) is 0 Å². The molecule has 0 aliphatic carbocycles. The fourth-order valence-corrected chi connectivity index (χ4v) is 2.29. The lowest BCUT2D eigenvalue weighted by Gasteiger charge is -2.05. The highest BCUT2D eigenvalue weighted by Crippen LogP contribution is 2.27. The number of nitrogens with one attached hydrogen (secondary N) is 1. The molecule has 3 rings (SSSR count). The molecule has 4 heteroatoms. The van der Waals surface area contributed by atoms with Crippen LogP contribution in [-0.2, 0) is 0 Å². The van der Waals surface area contributed by atoms with Crippen molar-refractivity contribution in [2.45, 2.75) is 6.92 Å². The highest BCUT2D eigenvalue weighted by atomic mass is 16.5. The van der Waals surface area contributed by atoms with Crippen molar-refractivity contribution >= 4 is 23.1 Å². The summed E-state index contributed by atoms with van der Waals surface area (Å²) in [4.78, 5) is 0. The number of nitrogens with zero attached hydrogens (tertiary/aromatic N) is 2. The van der Waals surface area contributed by atoms with Crippen molar-refractivity contribution in [3.8, 4) is 11.8 Å². The van der Waals surface area contributed by atoms with Gasteiger partial charge in [-0.3, -0.25) is 5.10 Å². The molecule has 0 atom stereocenters. The molecule has 2 aromatic carbocycles. The fraction of sp³-hybridized carbons (Fsp3) is 0.111. The lowest BCUT2D eigenvalue weighted by molar-refractivity contribution is 0.340. The highest BCUT2D eigenvalue weighted by molar-refractivity contribution is 5.91. The average Bonchev–Trinajstić information content (AvgIpc) is 2.95. The number of benzene rings is 2. The summed E-state index contributed by atoms with van der Waals surface area (Å²) in [5.74, 6) is 0.591. The number of hydrogen-bond acceptors (Lipinski definition) is 3. The van der Waals surface area contributed by atoms with Gasteiger partial charge in [-0.05, 0) is 30.7 Å². The molecule has 108 valence electrons. The lowest BCUT2D eigenvalue weighted by Crippen LogP contribution is -1.94. The summed E-state index contributed by atoms with van der Waals surface area (Å²) in [7, 11) is 0. The van der Waals surface area contributed by atoms with E-state index < -0.39 is 0 Å². The summed E-state index contributed by atoms with van der Waals surface area (Å²) in [6.45, 7) is 2.42. The van der Waals surface area contributed by atoms with Crippen LogP contribution in [-0.4, -0.2) is 16.8 Å². The Bertz CT molecular complexity index is 857. The largest absolute Gasteiger partial charge is 0.492 e. The molecule has 4 nitrogen and oxygen atoms in total.